The number of aryl methyl sites for hydroxylation is 1. The molecule has 3 aromatic heterocycles. The van der Waals surface area contributed by atoms with Gasteiger partial charge in [-0.2, -0.15) is 5.10 Å². The second-order valence-corrected chi connectivity index (χ2v) is 5.01. The van der Waals surface area contributed by atoms with Crippen LogP contribution in [0.25, 0.3) is 16.9 Å². The van der Waals surface area contributed by atoms with Crippen LogP contribution in [0.3, 0.4) is 0 Å². The molecule has 22 heavy (non-hydrogen) atoms. The molecule has 0 atom stereocenters. The highest BCUT2D eigenvalue weighted by Gasteiger charge is 2.11. The average molecular weight is 290 g/mol. The highest BCUT2D eigenvalue weighted by Crippen LogP contribution is 2.24. The number of imidazole rings is 1. The zero-order chi connectivity index (χ0) is 14.9. The van der Waals surface area contributed by atoms with Crippen LogP contribution >= 0.6 is 0 Å². The van der Waals surface area contributed by atoms with Gasteiger partial charge >= 0.3 is 0 Å². The Balaban J connectivity index is 1.80. The second kappa shape index (κ2) is 5.00. The highest BCUT2D eigenvalue weighted by atomic mass is 15.2. The van der Waals surface area contributed by atoms with Gasteiger partial charge in [0.25, 0.3) is 0 Å². The van der Waals surface area contributed by atoms with Crippen LogP contribution in [0.1, 0.15) is 0 Å². The van der Waals surface area contributed by atoms with Crippen LogP contribution in [0, 0.1) is 0 Å². The highest BCUT2D eigenvalue weighted by molar-refractivity contribution is 5.73. The van der Waals surface area contributed by atoms with Gasteiger partial charge in [0.2, 0.25) is 0 Å². The molecule has 0 saturated carbocycles. The number of hydrogen-bond acceptors (Lipinski definition) is 4. The van der Waals surface area contributed by atoms with E-state index < -0.39 is 0 Å². The summed E-state index contributed by atoms with van der Waals surface area (Å²) in [7, 11) is 1.90. The van der Waals surface area contributed by atoms with Gasteiger partial charge in [0.15, 0.2) is 11.5 Å². The number of benzene rings is 1. The quantitative estimate of drug-likeness (QED) is 0.630. The van der Waals surface area contributed by atoms with E-state index in [-0.39, 0.29) is 0 Å². The average Bonchev–Trinajstić information content (AvgIpc) is 3.15. The molecule has 1 N–H and O–H groups in total. The van der Waals surface area contributed by atoms with Gasteiger partial charge in [0.05, 0.1) is 18.1 Å². The molecule has 0 unspecified atom stereocenters. The molecule has 0 aliphatic carbocycles. The lowest BCUT2D eigenvalue weighted by atomic mass is 10.3. The van der Waals surface area contributed by atoms with Crippen molar-refractivity contribution in [1.82, 2.24) is 24.1 Å². The van der Waals surface area contributed by atoms with E-state index in [0.717, 1.165) is 28.4 Å². The summed E-state index contributed by atoms with van der Waals surface area (Å²) in [6, 6.07) is 9.94. The number of para-hydroxylation sites is 1. The molecule has 6 nitrogen and oxygen atoms in total. The summed E-state index contributed by atoms with van der Waals surface area (Å²) in [6.45, 7) is 0. The van der Waals surface area contributed by atoms with E-state index in [9.17, 15) is 0 Å². The van der Waals surface area contributed by atoms with E-state index in [1.807, 2.05) is 66.6 Å². The third kappa shape index (κ3) is 2.10. The Labute approximate surface area is 127 Å². The molecule has 0 aliphatic heterocycles. The van der Waals surface area contributed by atoms with E-state index in [1.165, 1.54) is 0 Å². The lowest BCUT2D eigenvalue weighted by Crippen LogP contribution is -1.98. The van der Waals surface area contributed by atoms with E-state index >= 15 is 0 Å². The predicted molar refractivity (Wildman–Crippen MR) is 84.9 cm³/mol. The molecular weight excluding hydrogens is 276 g/mol. The fourth-order valence-corrected chi connectivity index (χ4v) is 2.43. The van der Waals surface area contributed by atoms with Crippen molar-refractivity contribution in [1.29, 1.82) is 0 Å². The van der Waals surface area contributed by atoms with Gasteiger partial charge in [-0.1, -0.05) is 18.2 Å². The monoisotopic (exact) mass is 290 g/mol. The number of fused-ring (bicyclic) bond motifs is 1. The standard InChI is InChI=1S/C16H14N6/c1-21-11-12(9-19-21)14-10-18-16-15(17-7-8-22(14)16)20-13-5-3-2-4-6-13/h2-11H,1H3,(H,17,20). The Morgan fingerprint density at radius 2 is 1.91 bits per heavy atom. The van der Waals surface area contributed by atoms with Gasteiger partial charge in [-0.15, -0.1) is 0 Å². The number of hydrogen-bond donors (Lipinski definition) is 1. The van der Waals surface area contributed by atoms with E-state index in [1.54, 1.807) is 10.9 Å². The molecule has 0 fully saturated rings. The van der Waals surface area contributed by atoms with Gasteiger partial charge in [-0.25, -0.2) is 9.97 Å². The first-order valence-electron chi connectivity index (χ1n) is 6.94. The molecule has 108 valence electrons. The van der Waals surface area contributed by atoms with Crippen molar-refractivity contribution in [3.05, 3.63) is 61.3 Å². The number of anilines is 2. The first kappa shape index (κ1) is 12.6. The van der Waals surface area contributed by atoms with E-state index in [4.69, 9.17) is 0 Å². The van der Waals surface area contributed by atoms with Crippen molar-refractivity contribution in [3.8, 4) is 11.3 Å². The Kier molecular flexibility index (Phi) is 2.86. The summed E-state index contributed by atoms with van der Waals surface area (Å²) in [6.07, 6.45) is 9.30. The summed E-state index contributed by atoms with van der Waals surface area (Å²) in [5.41, 5.74) is 3.77. The van der Waals surface area contributed by atoms with Crippen molar-refractivity contribution in [2.24, 2.45) is 7.05 Å². The van der Waals surface area contributed by atoms with Crippen LogP contribution in [0.2, 0.25) is 0 Å². The van der Waals surface area contributed by atoms with Crippen molar-refractivity contribution in [3.63, 3.8) is 0 Å². The van der Waals surface area contributed by atoms with Gasteiger partial charge in [0.1, 0.15) is 0 Å². The molecule has 0 spiro atoms. The number of rotatable bonds is 3. The Morgan fingerprint density at radius 3 is 2.68 bits per heavy atom. The summed E-state index contributed by atoms with van der Waals surface area (Å²) >= 11 is 0. The molecule has 0 saturated heterocycles. The Bertz CT molecular complexity index is 922. The third-order valence-electron chi connectivity index (χ3n) is 3.47. The fraction of sp³-hybridized carbons (Fsp3) is 0.0625. The summed E-state index contributed by atoms with van der Waals surface area (Å²) in [4.78, 5) is 8.90. The first-order valence-corrected chi connectivity index (χ1v) is 6.94. The lowest BCUT2D eigenvalue weighted by molar-refractivity contribution is 0.768. The zero-order valence-electron chi connectivity index (χ0n) is 12.0. The number of nitrogens with one attached hydrogen (secondary N) is 1. The molecule has 1 aromatic carbocycles. The Morgan fingerprint density at radius 1 is 1.05 bits per heavy atom. The maximum Gasteiger partial charge on any atom is 0.180 e. The van der Waals surface area contributed by atoms with Crippen LogP contribution in [0.15, 0.2) is 61.3 Å². The number of aromatic nitrogens is 5. The lowest BCUT2D eigenvalue weighted by Gasteiger charge is -2.07. The molecule has 3 heterocycles. The van der Waals surface area contributed by atoms with E-state index in [2.05, 4.69) is 20.4 Å². The number of nitrogens with zero attached hydrogens (tertiary/aromatic N) is 5. The smallest absolute Gasteiger partial charge is 0.180 e. The van der Waals surface area contributed by atoms with Crippen molar-refractivity contribution >= 4 is 17.2 Å². The summed E-state index contributed by atoms with van der Waals surface area (Å²) in [5, 5.41) is 7.52. The topological polar surface area (TPSA) is 60.0 Å². The fourth-order valence-electron chi connectivity index (χ4n) is 2.43. The van der Waals surface area contributed by atoms with Gasteiger partial charge in [0, 0.05) is 36.9 Å². The largest absolute Gasteiger partial charge is 0.337 e. The molecule has 0 radical (unpaired) electrons. The van der Waals surface area contributed by atoms with Gasteiger partial charge in [-0.05, 0) is 12.1 Å². The van der Waals surface area contributed by atoms with Gasteiger partial charge < -0.3 is 5.32 Å². The maximum absolute atomic E-state index is 4.50. The second-order valence-electron chi connectivity index (χ2n) is 5.01. The summed E-state index contributed by atoms with van der Waals surface area (Å²) < 4.78 is 3.79. The predicted octanol–water partition coefficient (Wildman–Crippen LogP) is 2.87. The SMILES string of the molecule is Cn1cc(-c2cnc3c(Nc4ccccc4)nccn23)cn1. The van der Waals surface area contributed by atoms with Crippen molar-refractivity contribution < 1.29 is 0 Å². The maximum atomic E-state index is 4.50. The minimum atomic E-state index is 0.726. The molecule has 4 rings (SSSR count). The van der Waals surface area contributed by atoms with Gasteiger partial charge in [-0.3, -0.25) is 9.08 Å². The molecule has 6 heteroatoms. The molecule has 0 bridgehead atoms. The molecule has 4 aromatic rings. The van der Waals surface area contributed by atoms with Crippen molar-refractivity contribution in [2.45, 2.75) is 0 Å². The normalized spacial score (nSPS) is 11.0. The molecule has 0 amide bonds. The summed E-state index contributed by atoms with van der Waals surface area (Å²) in [5.74, 6) is 0.726. The molecular formula is C16H14N6. The van der Waals surface area contributed by atoms with E-state index in [0.29, 0.717) is 0 Å². The van der Waals surface area contributed by atoms with Crippen LogP contribution < -0.4 is 5.32 Å². The van der Waals surface area contributed by atoms with Crippen LogP contribution in [0.5, 0.6) is 0 Å². The van der Waals surface area contributed by atoms with Crippen molar-refractivity contribution in [2.75, 3.05) is 5.32 Å². The van der Waals surface area contributed by atoms with Crippen LogP contribution in [0.4, 0.5) is 11.5 Å². The van der Waals surface area contributed by atoms with Crippen LogP contribution in [-0.4, -0.2) is 24.1 Å². The van der Waals surface area contributed by atoms with Crippen LogP contribution in [-0.2, 0) is 7.05 Å². The first-order chi connectivity index (χ1) is 10.8. The third-order valence-corrected chi connectivity index (χ3v) is 3.47. The minimum Gasteiger partial charge on any atom is -0.337 e. The minimum absolute atomic E-state index is 0.726. The molecule has 0 aliphatic rings. The Hall–Kier alpha value is -3.15. The zero-order valence-corrected chi connectivity index (χ0v) is 12.0.